The van der Waals surface area contributed by atoms with Crippen molar-refractivity contribution in [3.63, 3.8) is 0 Å². The van der Waals surface area contributed by atoms with Gasteiger partial charge in [-0.25, -0.2) is 8.42 Å². The van der Waals surface area contributed by atoms with E-state index in [-0.39, 0.29) is 55.0 Å². The van der Waals surface area contributed by atoms with E-state index in [1.54, 1.807) is 13.0 Å². The van der Waals surface area contributed by atoms with E-state index in [2.05, 4.69) is 0 Å². The lowest BCUT2D eigenvalue weighted by Crippen LogP contribution is -2.51. The van der Waals surface area contributed by atoms with Crippen LogP contribution in [0.5, 0.6) is 5.75 Å². The van der Waals surface area contributed by atoms with Gasteiger partial charge in [-0.15, -0.1) is 0 Å². The molecule has 11 heteroatoms. The smallest absolute Gasteiger partial charge is 0.310 e. The van der Waals surface area contributed by atoms with Crippen molar-refractivity contribution in [3.8, 4) is 5.75 Å². The van der Waals surface area contributed by atoms with Crippen LogP contribution in [0.1, 0.15) is 5.56 Å². The number of hydrogen-bond donors (Lipinski definition) is 0. The zero-order valence-electron chi connectivity index (χ0n) is 16.2. The standard InChI is InChI=1S/C19H20ClN3O6S/c1-14-2-7-17(23(25)26)18(12-14)29-13-19(24)21-8-10-22(11-9-21)30(27,28)16-5-3-15(20)4-6-16/h2-7,12H,8-11,13H2,1H3. The number of piperazine rings is 1. The topological polar surface area (TPSA) is 110 Å². The van der Waals surface area contributed by atoms with E-state index >= 15 is 0 Å². The zero-order valence-corrected chi connectivity index (χ0v) is 17.7. The minimum absolute atomic E-state index is 0.0253. The summed E-state index contributed by atoms with van der Waals surface area (Å²) in [5, 5.41) is 11.5. The van der Waals surface area contributed by atoms with Crippen molar-refractivity contribution in [2.45, 2.75) is 11.8 Å². The molecule has 1 aliphatic heterocycles. The highest BCUT2D eigenvalue weighted by molar-refractivity contribution is 7.89. The fourth-order valence-corrected chi connectivity index (χ4v) is 4.60. The molecular formula is C19H20ClN3O6S. The van der Waals surface area contributed by atoms with E-state index in [1.807, 2.05) is 0 Å². The minimum atomic E-state index is -3.67. The van der Waals surface area contributed by atoms with Gasteiger partial charge in [-0.2, -0.15) is 4.31 Å². The van der Waals surface area contributed by atoms with Gasteiger partial charge in [0.1, 0.15) is 0 Å². The van der Waals surface area contributed by atoms with Crippen molar-refractivity contribution >= 4 is 33.2 Å². The fraction of sp³-hybridized carbons (Fsp3) is 0.316. The molecule has 3 rings (SSSR count). The van der Waals surface area contributed by atoms with Gasteiger partial charge in [0.15, 0.2) is 12.4 Å². The van der Waals surface area contributed by atoms with Gasteiger partial charge in [0, 0.05) is 37.3 Å². The first-order chi connectivity index (χ1) is 14.2. The van der Waals surface area contributed by atoms with Crippen LogP contribution in [0.3, 0.4) is 0 Å². The van der Waals surface area contributed by atoms with Gasteiger partial charge in [0.25, 0.3) is 5.91 Å². The first-order valence-corrected chi connectivity index (χ1v) is 10.9. The molecule has 30 heavy (non-hydrogen) atoms. The molecule has 1 amide bonds. The van der Waals surface area contributed by atoms with Crippen LogP contribution in [0, 0.1) is 17.0 Å². The van der Waals surface area contributed by atoms with Gasteiger partial charge in [0.2, 0.25) is 10.0 Å². The Morgan fingerprint density at radius 1 is 1.13 bits per heavy atom. The first-order valence-electron chi connectivity index (χ1n) is 9.10. The SMILES string of the molecule is Cc1ccc([N+](=O)[O-])c(OCC(=O)N2CCN(S(=O)(=O)c3ccc(Cl)cc3)CC2)c1. The number of nitro benzene ring substituents is 1. The summed E-state index contributed by atoms with van der Waals surface area (Å²) in [5.74, 6) is -0.341. The molecule has 0 N–H and O–H groups in total. The number of carbonyl (C=O) groups excluding carboxylic acids is 1. The normalized spacial score (nSPS) is 15.1. The number of aryl methyl sites for hydroxylation is 1. The molecule has 0 bridgehead atoms. The van der Waals surface area contributed by atoms with Gasteiger partial charge >= 0.3 is 5.69 Å². The Labute approximate surface area is 179 Å². The predicted octanol–water partition coefficient (Wildman–Crippen LogP) is 2.47. The van der Waals surface area contributed by atoms with Gasteiger partial charge in [-0.1, -0.05) is 17.7 Å². The molecule has 2 aromatic rings. The molecule has 2 aromatic carbocycles. The van der Waals surface area contributed by atoms with E-state index in [4.69, 9.17) is 16.3 Å². The molecule has 0 aliphatic carbocycles. The maximum absolute atomic E-state index is 12.7. The monoisotopic (exact) mass is 453 g/mol. The van der Waals surface area contributed by atoms with E-state index in [0.717, 1.165) is 5.56 Å². The van der Waals surface area contributed by atoms with Crippen LogP contribution in [0.25, 0.3) is 0 Å². The van der Waals surface area contributed by atoms with Crippen molar-refractivity contribution in [1.82, 2.24) is 9.21 Å². The molecule has 0 atom stereocenters. The van der Waals surface area contributed by atoms with Crippen LogP contribution in [-0.2, 0) is 14.8 Å². The summed E-state index contributed by atoms with van der Waals surface area (Å²) < 4.78 is 32.1. The van der Waals surface area contributed by atoms with Crippen molar-refractivity contribution in [2.75, 3.05) is 32.8 Å². The van der Waals surface area contributed by atoms with Crippen molar-refractivity contribution in [1.29, 1.82) is 0 Å². The Balaban J connectivity index is 1.59. The summed E-state index contributed by atoms with van der Waals surface area (Å²) in [5.41, 5.74) is 0.552. The molecule has 0 spiro atoms. The average Bonchev–Trinajstić information content (AvgIpc) is 2.72. The number of nitro groups is 1. The fourth-order valence-electron chi connectivity index (χ4n) is 3.05. The Hall–Kier alpha value is -2.69. The van der Waals surface area contributed by atoms with Crippen LogP contribution in [0.2, 0.25) is 5.02 Å². The van der Waals surface area contributed by atoms with Crippen LogP contribution in [0.4, 0.5) is 5.69 Å². The van der Waals surface area contributed by atoms with Crippen LogP contribution < -0.4 is 4.74 Å². The number of sulfonamides is 1. The summed E-state index contributed by atoms with van der Waals surface area (Å²) in [7, 11) is -3.67. The average molecular weight is 454 g/mol. The number of amides is 1. The van der Waals surface area contributed by atoms with Gasteiger partial charge < -0.3 is 9.64 Å². The largest absolute Gasteiger partial charge is 0.477 e. The lowest BCUT2D eigenvalue weighted by molar-refractivity contribution is -0.385. The van der Waals surface area contributed by atoms with E-state index in [1.165, 1.54) is 45.6 Å². The van der Waals surface area contributed by atoms with Crippen molar-refractivity contribution in [2.24, 2.45) is 0 Å². The highest BCUT2D eigenvalue weighted by Gasteiger charge is 2.30. The molecule has 1 fully saturated rings. The number of halogens is 1. The second-order valence-corrected chi connectivity index (χ2v) is 9.13. The highest BCUT2D eigenvalue weighted by atomic mass is 35.5. The Morgan fingerprint density at radius 3 is 2.37 bits per heavy atom. The van der Waals surface area contributed by atoms with Crippen LogP contribution in [-0.4, -0.2) is 61.2 Å². The molecule has 0 unspecified atom stereocenters. The first kappa shape index (κ1) is 22.0. The number of carbonyl (C=O) groups is 1. The molecule has 1 heterocycles. The third-order valence-corrected chi connectivity index (χ3v) is 6.87. The summed E-state index contributed by atoms with van der Waals surface area (Å²) in [6.07, 6.45) is 0. The molecule has 0 radical (unpaired) electrons. The number of nitrogens with zero attached hydrogens (tertiary/aromatic N) is 3. The van der Waals surface area contributed by atoms with Crippen LogP contribution >= 0.6 is 11.6 Å². The second kappa shape index (κ2) is 8.99. The summed E-state index contributed by atoms with van der Waals surface area (Å²) >= 11 is 5.81. The van der Waals surface area contributed by atoms with Crippen LogP contribution in [0.15, 0.2) is 47.4 Å². The molecule has 1 saturated heterocycles. The maximum Gasteiger partial charge on any atom is 0.310 e. The Kier molecular flexibility index (Phi) is 6.59. The van der Waals surface area contributed by atoms with Gasteiger partial charge in [-0.3, -0.25) is 14.9 Å². The highest BCUT2D eigenvalue weighted by Crippen LogP contribution is 2.28. The Morgan fingerprint density at radius 2 is 1.77 bits per heavy atom. The van der Waals surface area contributed by atoms with Crippen molar-refractivity contribution < 1.29 is 22.9 Å². The van der Waals surface area contributed by atoms with E-state index < -0.39 is 14.9 Å². The molecule has 0 saturated carbocycles. The minimum Gasteiger partial charge on any atom is -0.477 e. The summed E-state index contributed by atoms with van der Waals surface area (Å²) in [6.45, 7) is 2.07. The molecular weight excluding hydrogens is 434 g/mol. The van der Waals surface area contributed by atoms with E-state index in [0.29, 0.717) is 5.02 Å². The molecule has 9 nitrogen and oxygen atoms in total. The molecule has 0 aromatic heterocycles. The van der Waals surface area contributed by atoms with Gasteiger partial charge in [-0.05, 0) is 42.8 Å². The van der Waals surface area contributed by atoms with Crippen molar-refractivity contribution in [3.05, 3.63) is 63.2 Å². The quantitative estimate of drug-likeness (QED) is 0.490. The lowest BCUT2D eigenvalue weighted by atomic mass is 10.2. The predicted molar refractivity (Wildman–Crippen MR) is 110 cm³/mol. The number of benzene rings is 2. The number of hydrogen-bond acceptors (Lipinski definition) is 6. The lowest BCUT2D eigenvalue weighted by Gasteiger charge is -2.33. The Bertz CT molecular complexity index is 1050. The zero-order chi connectivity index (χ0) is 21.9. The summed E-state index contributed by atoms with van der Waals surface area (Å²) in [6, 6.07) is 10.3. The van der Waals surface area contributed by atoms with Gasteiger partial charge in [0.05, 0.1) is 9.82 Å². The second-order valence-electron chi connectivity index (χ2n) is 6.76. The molecule has 160 valence electrons. The number of ether oxygens (including phenoxy) is 1. The molecule has 1 aliphatic rings. The number of rotatable bonds is 6. The van der Waals surface area contributed by atoms with E-state index in [9.17, 15) is 23.3 Å². The summed E-state index contributed by atoms with van der Waals surface area (Å²) in [4.78, 5) is 24.6. The third-order valence-electron chi connectivity index (χ3n) is 4.71. The maximum atomic E-state index is 12.7. The third kappa shape index (κ3) is 4.89.